The van der Waals surface area contributed by atoms with Crippen LogP contribution < -0.4 is 0 Å². The number of hydrogen-bond donors (Lipinski definition) is 1. The van der Waals surface area contributed by atoms with Gasteiger partial charge in [-0.1, -0.05) is 42.5 Å². The van der Waals surface area contributed by atoms with Crippen LogP contribution in [0.3, 0.4) is 0 Å². The third kappa shape index (κ3) is 4.56. The van der Waals surface area contributed by atoms with E-state index in [9.17, 15) is 18.3 Å². The second-order valence-electron chi connectivity index (χ2n) is 7.73. The number of hydrogen-bond acceptors (Lipinski definition) is 3. The second kappa shape index (κ2) is 9.59. The molecular weight excluding hydrogens is 417 g/mol. The summed E-state index contributed by atoms with van der Waals surface area (Å²) in [5.41, 5.74) is 2.42. The highest BCUT2D eigenvalue weighted by Crippen LogP contribution is 2.32. The maximum absolute atomic E-state index is 14.9. The molecule has 3 aromatic carbocycles. The number of phenols is 1. The van der Waals surface area contributed by atoms with Crippen LogP contribution in [0.15, 0.2) is 67.3 Å². The van der Waals surface area contributed by atoms with Gasteiger partial charge in [0.1, 0.15) is 5.82 Å². The molecule has 1 aliphatic rings. The molecule has 3 aromatic rings. The molecule has 1 saturated heterocycles. The normalized spacial score (nSPS) is 18.5. The maximum atomic E-state index is 14.9. The van der Waals surface area contributed by atoms with Gasteiger partial charge in [-0.2, -0.15) is 4.39 Å². The van der Waals surface area contributed by atoms with Gasteiger partial charge in [-0.3, -0.25) is 0 Å². The first-order valence-electron chi connectivity index (χ1n) is 10.4. The first kappa shape index (κ1) is 22.1. The standard InChI is InChI=1S/C26H23F3O3/c1-2-3-4-24-31-14-19(15-32-24)20-10-9-18(13-22(20)27)16-5-7-17(8-6-16)21-11-12-23(30)26(29)25(21)28/h2,5-13,19,24,30H,1,3-4,14-15H2. The van der Waals surface area contributed by atoms with Crippen molar-refractivity contribution in [3.8, 4) is 28.0 Å². The Morgan fingerprint density at radius 1 is 0.875 bits per heavy atom. The Bertz CT molecular complexity index is 1100. The largest absolute Gasteiger partial charge is 0.505 e. The zero-order chi connectivity index (χ0) is 22.7. The summed E-state index contributed by atoms with van der Waals surface area (Å²) in [6, 6.07) is 14.1. The van der Waals surface area contributed by atoms with Gasteiger partial charge in [0.05, 0.1) is 13.2 Å². The van der Waals surface area contributed by atoms with Crippen LogP contribution in [-0.4, -0.2) is 24.6 Å². The van der Waals surface area contributed by atoms with Crippen molar-refractivity contribution in [1.82, 2.24) is 0 Å². The zero-order valence-corrected chi connectivity index (χ0v) is 17.4. The fraction of sp³-hybridized carbons (Fsp3) is 0.231. The average molecular weight is 440 g/mol. The smallest absolute Gasteiger partial charge is 0.200 e. The molecule has 1 fully saturated rings. The fourth-order valence-corrected chi connectivity index (χ4v) is 3.79. The highest BCUT2D eigenvalue weighted by atomic mass is 19.2. The third-order valence-electron chi connectivity index (χ3n) is 5.60. The Hall–Kier alpha value is -3.09. The summed E-state index contributed by atoms with van der Waals surface area (Å²) in [6.07, 6.45) is 3.06. The summed E-state index contributed by atoms with van der Waals surface area (Å²) < 4.78 is 54.0. The minimum absolute atomic E-state index is 0.0390. The van der Waals surface area contributed by atoms with E-state index in [1.807, 2.05) is 12.1 Å². The summed E-state index contributed by atoms with van der Waals surface area (Å²) in [5, 5.41) is 9.28. The Balaban J connectivity index is 1.49. The van der Waals surface area contributed by atoms with Gasteiger partial charge in [-0.15, -0.1) is 6.58 Å². The molecule has 3 nitrogen and oxygen atoms in total. The minimum atomic E-state index is -1.29. The molecule has 4 rings (SSSR count). The Kier molecular flexibility index (Phi) is 6.63. The zero-order valence-electron chi connectivity index (χ0n) is 17.4. The van der Waals surface area contributed by atoms with E-state index in [0.717, 1.165) is 24.5 Å². The Labute approximate surface area is 184 Å². The molecule has 0 amide bonds. The number of rotatable bonds is 6. The summed E-state index contributed by atoms with van der Waals surface area (Å²) in [4.78, 5) is 0. The van der Waals surface area contributed by atoms with Crippen LogP contribution in [0, 0.1) is 17.5 Å². The lowest BCUT2D eigenvalue weighted by Crippen LogP contribution is -2.31. The van der Waals surface area contributed by atoms with Crippen LogP contribution in [0.25, 0.3) is 22.3 Å². The van der Waals surface area contributed by atoms with Crippen LogP contribution in [0.5, 0.6) is 5.75 Å². The summed E-state index contributed by atoms with van der Waals surface area (Å²) >= 11 is 0. The van der Waals surface area contributed by atoms with Crippen LogP contribution in [0.1, 0.15) is 24.3 Å². The van der Waals surface area contributed by atoms with E-state index < -0.39 is 17.4 Å². The number of ether oxygens (including phenoxy) is 2. The van der Waals surface area contributed by atoms with Crippen LogP contribution in [0.2, 0.25) is 0 Å². The van der Waals surface area contributed by atoms with E-state index in [1.165, 1.54) is 12.1 Å². The molecule has 0 aliphatic carbocycles. The second-order valence-corrected chi connectivity index (χ2v) is 7.73. The van der Waals surface area contributed by atoms with E-state index in [-0.39, 0.29) is 23.6 Å². The van der Waals surface area contributed by atoms with Crippen molar-refractivity contribution in [3.05, 3.63) is 90.3 Å². The lowest BCUT2D eigenvalue weighted by molar-refractivity contribution is -0.189. The topological polar surface area (TPSA) is 38.7 Å². The summed E-state index contributed by atoms with van der Waals surface area (Å²) in [6.45, 7) is 4.46. The highest BCUT2D eigenvalue weighted by Gasteiger charge is 2.25. The van der Waals surface area contributed by atoms with Gasteiger partial charge in [0.15, 0.2) is 17.9 Å². The van der Waals surface area contributed by atoms with E-state index >= 15 is 0 Å². The van der Waals surface area contributed by atoms with Crippen molar-refractivity contribution in [3.63, 3.8) is 0 Å². The van der Waals surface area contributed by atoms with E-state index in [1.54, 1.807) is 30.3 Å². The van der Waals surface area contributed by atoms with Gasteiger partial charge in [0.25, 0.3) is 0 Å². The SMILES string of the molecule is C=CCCC1OCC(c2ccc(-c3ccc(-c4ccc(O)c(F)c4F)cc3)cc2F)CO1. The predicted octanol–water partition coefficient (Wildman–Crippen LogP) is 6.57. The molecule has 0 saturated carbocycles. The molecule has 1 aliphatic heterocycles. The van der Waals surface area contributed by atoms with Crippen LogP contribution in [0.4, 0.5) is 13.2 Å². The molecule has 1 N–H and O–H groups in total. The van der Waals surface area contributed by atoms with Gasteiger partial charge in [0.2, 0.25) is 5.82 Å². The minimum Gasteiger partial charge on any atom is -0.505 e. The molecule has 32 heavy (non-hydrogen) atoms. The monoisotopic (exact) mass is 440 g/mol. The van der Waals surface area contributed by atoms with Crippen LogP contribution >= 0.6 is 0 Å². The number of halogens is 3. The fourth-order valence-electron chi connectivity index (χ4n) is 3.79. The van der Waals surface area contributed by atoms with E-state index in [2.05, 4.69) is 6.58 Å². The van der Waals surface area contributed by atoms with Crippen molar-refractivity contribution in [2.45, 2.75) is 25.0 Å². The Morgan fingerprint density at radius 2 is 1.53 bits per heavy atom. The molecule has 0 bridgehead atoms. The number of allylic oxidation sites excluding steroid dienone is 1. The van der Waals surface area contributed by atoms with Gasteiger partial charge in [-0.25, -0.2) is 8.78 Å². The van der Waals surface area contributed by atoms with Crippen molar-refractivity contribution >= 4 is 0 Å². The van der Waals surface area contributed by atoms with Gasteiger partial charge < -0.3 is 14.6 Å². The highest BCUT2D eigenvalue weighted by molar-refractivity contribution is 5.71. The number of benzene rings is 3. The molecule has 166 valence electrons. The quantitative estimate of drug-likeness (QED) is 0.441. The van der Waals surface area contributed by atoms with Gasteiger partial charge in [-0.05, 0) is 46.9 Å². The third-order valence-corrected chi connectivity index (χ3v) is 5.60. The Morgan fingerprint density at radius 3 is 2.19 bits per heavy atom. The van der Waals surface area contributed by atoms with E-state index in [0.29, 0.717) is 29.9 Å². The van der Waals surface area contributed by atoms with Crippen molar-refractivity contribution in [2.24, 2.45) is 0 Å². The average Bonchev–Trinajstić information content (AvgIpc) is 2.82. The molecule has 1 heterocycles. The van der Waals surface area contributed by atoms with Gasteiger partial charge in [0, 0.05) is 17.9 Å². The molecule has 0 radical (unpaired) electrons. The summed E-state index contributed by atoms with van der Waals surface area (Å²) in [5.74, 6) is -3.66. The first-order chi connectivity index (χ1) is 15.5. The van der Waals surface area contributed by atoms with Crippen molar-refractivity contribution in [2.75, 3.05) is 13.2 Å². The number of phenolic OH excluding ortho intramolecular Hbond substituents is 1. The first-order valence-corrected chi connectivity index (χ1v) is 10.4. The van der Waals surface area contributed by atoms with Crippen molar-refractivity contribution < 1.29 is 27.8 Å². The van der Waals surface area contributed by atoms with Gasteiger partial charge >= 0.3 is 0 Å². The predicted molar refractivity (Wildman–Crippen MR) is 117 cm³/mol. The molecule has 0 unspecified atom stereocenters. The molecule has 0 aromatic heterocycles. The van der Waals surface area contributed by atoms with Crippen molar-refractivity contribution in [1.29, 1.82) is 0 Å². The summed E-state index contributed by atoms with van der Waals surface area (Å²) in [7, 11) is 0. The number of aromatic hydroxyl groups is 1. The molecular formula is C26H23F3O3. The maximum Gasteiger partial charge on any atom is 0.200 e. The van der Waals surface area contributed by atoms with E-state index in [4.69, 9.17) is 9.47 Å². The molecule has 0 atom stereocenters. The van der Waals surface area contributed by atoms with Crippen LogP contribution in [-0.2, 0) is 9.47 Å². The molecule has 0 spiro atoms. The lowest BCUT2D eigenvalue weighted by Gasteiger charge is -2.29. The molecule has 6 heteroatoms. The lowest BCUT2D eigenvalue weighted by atomic mass is 9.95.